The molecule has 0 spiro atoms. The fourth-order valence-corrected chi connectivity index (χ4v) is 1.46. The number of halogens is 1. The zero-order chi connectivity index (χ0) is 10.8. The molecule has 2 N–H and O–H groups in total. The van der Waals surface area contributed by atoms with E-state index in [4.69, 9.17) is 10.2 Å². The molecular weight excluding hydrogens is 193 g/mol. The highest BCUT2D eigenvalue weighted by Crippen LogP contribution is 2.25. The number of aryl methyl sites for hydroxylation is 1. The quantitative estimate of drug-likeness (QED) is 0.818. The first-order chi connectivity index (χ1) is 7.20. The van der Waals surface area contributed by atoms with Crippen LogP contribution in [-0.4, -0.2) is 0 Å². The highest BCUT2D eigenvalue weighted by atomic mass is 19.1. The number of nitrogens with two attached hydrogens (primary N) is 1. The number of rotatable bonds is 2. The van der Waals surface area contributed by atoms with Gasteiger partial charge in [0.2, 0.25) is 0 Å². The summed E-state index contributed by atoms with van der Waals surface area (Å²) >= 11 is 0. The smallest absolute Gasteiger partial charge is 0.137 e. The molecule has 1 heterocycles. The Hall–Kier alpha value is -1.61. The van der Waals surface area contributed by atoms with Crippen molar-refractivity contribution in [1.82, 2.24) is 0 Å². The lowest BCUT2D eigenvalue weighted by molar-refractivity contribution is 0.520. The SMILES string of the molecule is Cc1ccc(F)c(-c2ccc(CN)o2)c1. The van der Waals surface area contributed by atoms with Crippen molar-refractivity contribution in [3.05, 3.63) is 47.5 Å². The van der Waals surface area contributed by atoms with Gasteiger partial charge in [0.25, 0.3) is 0 Å². The van der Waals surface area contributed by atoms with Gasteiger partial charge in [0.1, 0.15) is 17.3 Å². The minimum absolute atomic E-state index is 0.279. The zero-order valence-electron chi connectivity index (χ0n) is 8.46. The molecule has 2 aromatic rings. The normalized spacial score (nSPS) is 10.6. The lowest BCUT2D eigenvalue weighted by Gasteiger charge is -2.00. The topological polar surface area (TPSA) is 39.2 Å². The highest BCUT2D eigenvalue weighted by Gasteiger charge is 2.09. The van der Waals surface area contributed by atoms with Crippen molar-refractivity contribution < 1.29 is 8.81 Å². The molecule has 0 saturated heterocycles. The van der Waals surface area contributed by atoms with Crippen molar-refractivity contribution in [2.24, 2.45) is 5.73 Å². The lowest BCUT2D eigenvalue weighted by Crippen LogP contribution is -1.92. The van der Waals surface area contributed by atoms with Gasteiger partial charge in [-0.2, -0.15) is 0 Å². The summed E-state index contributed by atoms with van der Waals surface area (Å²) < 4.78 is 18.9. The van der Waals surface area contributed by atoms with Crippen molar-refractivity contribution in [3.8, 4) is 11.3 Å². The van der Waals surface area contributed by atoms with E-state index in [1.54, 1.807) is 24.3 Å². The summed E-state index contributed by atoms with van der Waals surface area (Å²) in [6, 6.07) is 8.42. The van der Waals surface area contributed by atoms with Crippen LogP contribution in [0.15, 0.2) is 34.7 Å². The van der Waals surface area contributed by atoms with Crippen LogP contribution < -0.4 is 5.73 Å². The molecule has 0 bridgehead atoms. The van der Waals surface area contributed by atoms with Crippen LogP contribution in [0.2, 0.25) is 0 Å². The average molecular weight is 205 g/mol. The predicted molar refractivity (Wildman–Crippen MR) is 56.7 cm³/mol. The number of benzene rings is 1. The maximum Gasteiger partial charge on any atom is 0.137 e. The average Bonchev–Trinajstić information content (AvgIpc) is 2.70. The van der Waals surface area contributed by atoms with E-state index in [1.165, 1.54) is 6.07 Å². The van der Waals surface area contributed by atoms with Crippen LogP contribution in [0.3, 0.4) is 0 Å². The van der Waals surface area contributed by atoms with Gasteiger partial charge in [-0.05, 0) is 31.2 Å². The third-order valence-corrected chi connectivity index (χ3v) is 2.25. The van der Waals surface area contributed by atoms with Crippen LogP contribution in [0, 0.1) is 12.7 Å². The maximum atomic E-state index is 13.5. The molecule has 2 nitrogen and oxygen atoms in total. The van der Waals surface area contributed by atoms with Crippen LogP contribution in [0.4, 0.5) is 4.39 Å². The molecule has 3 heteroatoms. The Kier molecular flexibility index (Phi) is 2.56. The lowest BCUT2D eigenvalue weighted by atomic mass is 10.1. The van der Waals surface area contributed by atoms with E-state index in [0.29, 0.717) is 23.6 Å². The van der Waals surface area contributed by atoms with Crippen molar-refractivity contribution >= 4 is 0 Å². The third-order valence-electron chi connectivity index (χ3n) is 2.25. The number of hydrogen-bond donors (Lipinski definition) is 1. The van der Waals surface area contributed by atoms with Crippen LogP contribution >= 0.6 is 0 Å². The van der Waals surface area contributed by atoms with Crippen molar-refractivity contribution in [2.45, 2.75) is 13.5 Å². The van der Waals surface area contributed by atoms with Gasteiger partial charge in [-0.3, -0.25) is 0 Å². The van der Waals surface area contributed by atoms with E-state index >= 15 is 0 Å². The fourth-order valence-electron chi connectivity index (χ4n) is 1.46. The molecule has 1 aromatic carbocycles. The van der Waals surface area contributed by atoms with Gasteiger partial charge in [0.05, 0.1) is 12.1 Å². The monoisotopic (exact) mass is 205 g/mol. The molecule has 0 amide bonds. The van der Waals surface area contributed by atoms with Crippen molar-refractivity contribution in [2.75, 3.05) is 0 Å². The predicted octanol–water partition coefficient (Wildman–Crippen LogP) is 2.85. The Morgan fingerprint density at radius 1 is 1.27 bits per heavy atom. The Labute approximate surface area is 87.5 Å². The minimum atomic E-state index is -0.279. The van der Waals surface area contributed by atoms with Crippen LogP contribution in [0.1, 0.15) is 11.3 Å². The van der Waals surface area contributed by atoms with E-state index in [-0.39, 0.29) is 5.82 Å². The molecule has 0 aliphatic heterocycles. The van der Waals surface area contributed by atoms with E-state index in [9.17, 15) is 4.39 Å². The van der Waals surface area contributed by atoms with E-state index in [1.807, 2.05) is 6.92 Å². The van der Waals surface area contributed by atoms with Gasteiger partial charge in [0.15, 0.2) is 0 Å². The molecular formula is C12H12FNO. The second kappa shape index (κ2) is 3.87. The van der Waals surface area contributed by atoms with Gasteiger partial charge in [-0.1, -0.05) is 11.6 Å². The summed E-state index contributed by atoms with van der Waals surface area (Å²) in [5.41, 5.74) is 6.90. The van der Waals surface area contributed by atoms with Gasteiger partial charge in [0, 0.05) is 0 Å². The van der Waals surface area contributed by atoms with Gasteiger partial charge in [-0.15, -0.1) is 0 Å². The van der Waals surface area contributed by atoms with Crippen molar-refractivity contribution in [1.29, 1.82) is 0 Å². The number of furan rings is 1. The first-order valence-electron chi connectivity index (χ1n) is 4.76. The molecule has 0 aliphatic rings. The second-order valence-corrected chi connectivity index (χ2v) is 3.45. The molecule has 15 heavy (non-hydrogen) atoms. The third kappa shape index (κ3) is 1.92. The van der Waals surface area contributed by atoms with E-state index < -0.39 is 0 Å². The Bertz CT molecular complexity index is 476. The van der Waals surface area contributed by atoms with Gasteiger partial charge in [-0.25, -0.2) is 4.39 Å². The van der Waals surface area contributed by atoms with E-state index in [0.717, 1.165) is 5.56 Å². The summed E-state index contributed by atoms with van der Waals surface area (Å²) in [6.45, 7) is 2.24. The minimum Gasteiger partial charge on any atom is -0.460 e. The molecule has 0 radical (unpaired) electrons. The molecule has 0 unspecified atom stereocenters. The molecule has 0 saturated carbocycles. The Morgan fingerprint density at radius 3 is 2.73 bits per heavy atom. The maximum absolute atomic E-state index is 13.5. The van der Waals surface area contributed by atoms with Gasteiger partial charge >= 0.3 is 0 Å². The largest absolute Gasteiger partial charge is 0.460 e. The van der Waals surface area contributed by atoms with Crippen molar-refractivity contribution in [3.63, 3.8) is 0 Å². The summed E-state index contributed by atoms with van der Waals surface area (Å²) in [5, 5.41) is 0. The second-order valence-electron chi connectivity index (χ2n) is 3.45. The Morgan fingerprint density at radius 2 is 2.07 bits per heavy atom. The van der Waals surface area contributed by atoms with Gasteiger partial charge < -0.3 is 10.2 Å². The fraction of sp³-hybridized carbons (Fsp3) is 0.167. The summed E-state index contributed by atoms with van der Waals surface area (Å²) in [4.78, 5) is 0. The first kappa shape index (κ1) is 9.93. The van der Waals surface area contributed by atoms with Crippen LogP contribution in [-0.2, 0) is 6.54 Å². The summed E-state index contributed by atoms with van der Waals surface area (Å²) in [6.07, 6.45) is 0. The summed E-state index contributed by atoms with van der Waals surface area (Å²) in [7, 11) is 0. The van der Waals surface area contributed by atoms with Crippen LogP contribution in [0.25, 0.3) is 11.3 Å². The zero-order valence-corrected chi connectivity index (χ0v) is 8.46. The highest BCUT2D eigenvalue weighted by molar-refractivity contribution is 5.59. The molecule has 0 atom stereocenters. The summed E-state index contributed by atoms with van der Waals surface area (Å²) in [5.74, 6) is 0.904. The standard InChI is InChI=1S/C12H12FNO/c1-8-2-4-11(13)10(6-8)12-5-3-9(7-14)15-12/h2-6H,7,14H2,1H3. The molecule has 0 aliphatic carbocycles. The van der Waals surface area contributed by atoms with Crippen LogP contribution in [0.5, 0.6) is 0 Å². The number of hydrogen-bond acceptors (Lipinski definition) is 2. The van der Waals surface area contributed by atoms with E-state index in [2.05, 4.69) is 0 Å². The molecule has 1 aromatic heterocycles. The first-order valence-corrected chi connectivity index (χ1v) is 4.76. The molecule has 2 rings (SSSR count). The molecule has 0 fully saturated rings. The molecule has 78 valence electrons. The Balaban J connectivity index is 2.48.